The molecule has 0 saturated heterocycles. The molecule has 0 heteroatoms. The van der Waals surface area contributed by atoms with Crippen LogP contribution in [0.1, 0.15) is 126 Å². The Morgan fingerprint density at radius 2 is 1.09 bits per heavy atom. The number of unbranched alkanes of at least 4 members (excludes halogenated alkanes) is 6. The molecule has 0 nitrogen and oxygen atoms in total. The highest BCUT2D eigenvalue weighted by molar-refractivity contribution is 5.46. The molecule has 0 bridgehead atoms. The second-order valence-electron chi connectivity index (χ2n) is 10.6. The molecule has 0 unspecified atom stereocenters. The van der Waals surface area contributed by atoms with Gasteiger partial charge in [0.2, 0.25) is 0 Å². The highest BCUT2D eigenvalue weighted by Gasteiger charge is 2.20. The topological polar surface area (TPSA) is 0 Å². The van der Waals surface area contributed by atoms with E-state index in [1.165, 1.54) is 89.0 Å². The monoisotopic (exact) mass is 466 g/mol. The number of aryl methyl sites for hydroxylation is 1. The molecule has 2 aromatic rings. The fraction of sp³-hybridized carbons (Fsp3) is 0.543. The van der Waals surface area contributed by atoms with Crippen LogP contribution in [-0.2, 0) is 6.42 Å². The maximum atomic E-state index is 3.31. The predicted octanol–water partition coefficient (Wildman–Crippen LogP) is 9.73. The molecule has 0 heterocycles. The minimum atomic E-state index is 0.935. The molecule has 3 rings (SSSR count). The lowest BCUT2D eigenvalue weighted by atomic mass is 9.77. The number of hydrogen-bond donors (Lipinski definition) is 0. The molecule has 35 heavy (non-hydrogen) atoms. The molecule has 1 aliphatic rings. The van der Waals surface area contributed by atoms with E-state index in [0.29, 0.717) is 0 Å². The van der Waals surface area contributed by atoms with E-state index in [9.17, 15) is 0 Å². The minimum absolute atomic E-state index is 0.935. The van der Waals surface area contributed by atoms with Crippen LogP contribution in [0.4, 0.5) is 0 Å². The van der Waals surface area contributed by atoms with Crippen molar-refractivity contribution in [3.8, 4) is 23.7 Å². The molecular weight excluding hydrogens is 420 g/mol. The van der Waals surface area contributed by atoms with Gasteiger partial charge in [-0.25, -0.2) is 0 Å². The molecule has 2 aromatic carbocycles. The van der Waals surface area contributed by atoms with Crippen LogP contribution in [0.5, 0.6) is 0 Å². The normalized spacial score (nSPS) is 17.2. The molecule has 186 valence electrons. The molecule has 0 spiro atoms. The summed E-state index contributed by atoms with van der Waals surface area (Å²) in [6.45, 7) is 4.46. The molecule has 0 amide bonds. The largest absolute Gasteiger partial charge is 0.0979 e. The quantitative estimate of drug-likeness (QED) is 0.228. The first-order valence-corrected chi connectivity index (χ1v) is 14.5. The van der Waals surface area contributed by atoms with E-state index < -0.39 is 0 Å². The molecule has 1 fully saturated rings. The van der Waals surface area contributed by atoms with Crippen LogP contribution in [0.2, 0.25) is 0 Å². The summed E-state index contributed by atoms with van der Waals surface area (Å²) in [6, 6.07) is 17.2. The van der Waals surface area contributed by atoms with Gasteiger partial charge < -0.3 is 0 Å². The van der Waals surface area contributed by atoms with Crippen molar-refractivity contribution in [3.05, 3.63) is 70.8 Å². The van der Waals surface area contributed by atoms with Crippen molar-refractivity contribution in [1.82, 2.24) is 0 Å². The highest BCUT2D eigenvalue weighted by atomic mass is 14.3. The van der Waals surface area contributed by atoms with E-state index in [1.54, 1.807) is 0 Å². The van der Waals surface area contributed by atoms with Crippen molar-refractivity contribution in [3.63, 3.8) is 0 Å². The van der Waals surface area contributed by atoms with Crippen LogP contribution >= 0.6 is 0 Å². The fourth-order valence-electron chi connectivity index (χ4n) is 5.22. The van der Waals surface area contributed by atoms with Crippen molar-refractivity contribution in [2.24, 2.45) is 11.8 Å². The standard InChI is InChI=1S/C35H46/c1-3-5-7-8-9-11-13-31-16-20-33(21-17-31)23-25-35-28-26-34(27-29-35)24-22-32-18-14-30(15-19-32)12-10-6-4-2/h14-15,18-19,26-29,31,33H,3-9,11,13,16-17,20-21,23,25H2,1-2H3. The Morgan fingerprint density at radius 1 is 0.571 bits per heavy atom. The van der Waals surface area contributed by atoms with Crippen LogP contribution in [-0.4, -0.2) is 0 Å². The molecule has 0 aliphatic heterocycles. The van der Waals surface area contributed by atoms with Crippen molar-refractivity contribution in [1.29, 1.82) is 0 Å². The van der Waals surface area contributed by atoms with E-state index in [1.807, 2.05) is 0 Å². The summed E-state index contributed by atoms with van der Waals surface area (Å²) in [5.41, 5.74) is 4.66. The zero-order chi connectivity index (χ0) is 24.6. The van der Waals surface area contributed by atoms with E-state index in [4.69, 9.17) is 0 Å². The molecule has 0 radical (unpaired) electrons. The van der Waals surface area contributed by atoms with Gasteiger partial charge in [-0.1, -0.05) is 120 Å². The first-order valence-electron chi connectivity index (χ1n) is 14.5. The van der Waals surface area contributed by atoms with Crippen molar-refractivity contribution in [2.75, 3.05) is 0 Å². The second kappa shape index (κ2) is 16.3. The summed E-state index contributed by atoms with van der Waals surface area (Å²) in [5, 5.41) is 0. The van der Waals surface area contributed by atoms with Crippen LogP contribution < -0.4 is 0 Å². The average molecular weight is 467 g/mol. The Morgan fingerprint density at radius 3 is 1.69 bits per heavy atom. The first kappa shape index (κ1) is 27.2. The second-order valence-corrected chi connectivity index (χ2v) is 10.6. The van der Waals surface area contributed by atoms with Gasteiger partial charge in [-0.15, -0.1) is 0 Å². The van der Waals surface area contributed by atoms with Gasteiger partial charge in [0, 0.05) is 23.1 Å². The Kier molecular flexibility index (Phi) is 12.6. The Hall–Kier alpha value is -2.44. The number of hydrogen-bond acceptors (Lipinski definition) is 0. The molecule has 1 aliphatic carbocycles. The van der Waals surface area contributed by atoms with E-state index in [2.05, 4.69) is 86.1 Å². The van der Waals surface area contributed by atoms with Crippen LogP contribution in [0, 0.1) is 35.5 Å². The SMILES string of the molecule is CCCC#Cc1ccc(C#Cc2ccc(CCC3CCC(CCCCCCCC)CC3)cc2)cc1. The molecule has 0 N–H and O–H groups in total. The van der Waals surface area contributed by atoms with Gasteiger partial charge in [0.25, 0.3) is 0 Å². The van der Waals surface area contributed by atoms with Gasteiger partial charge >= 0.3 is 0 Å². The van der Waals surface area contributed by atoms with Gasteiger partial charge in [0.05, 0.1) is 0 Å². The summed E-state index contributed by atoms with van der Waals surface area (Å²) in [6.07, 6.45) is 20.6. The van der Waals surface area contributed by atoms with Crippen LogP contribution in [0.15, 0.2) is 48.5 Å². The van der Waals surface area contributed by atoms with Crippen LogP contribution in [0.3, 0.4) is 0 Å². The van der Waals surface area contributed by atoms with Crippen molar-refractivity contribution < 1.29 is 0 Å². The van der Waals surface area contributed by atoms with E-state index in [0.717, 1.165) is 41.4 Å². The minimum Gasteiger partial charge on any atom is -0.0979 e. The maximum absolute atomic E-state index is 3.31. The molecule has 0 atom stereocenters. The molecule has 0 aromatic heterocycles. The maximum Gasteiger partial charge on any atom is 0.0249 e. The van der Waals surface area contributed by atoms with Gasteiger partial charge in [-0.05, 0) is 73.1 Å². The van der Waals surface area contributed by atoms with Crippen molar-refractivity contribution >= 4 is 0 Å². The van der Waals surface area contributed by atoms with Gasteiger partial charge in [0.1, 0.15) is 0 Å². The third-order valence-corrected chi connectivity index (χ3v) is 7.57. The van der Waals surface area contributed by atoms with E-state index >= 15 is 0 Å². The lowest BCUT2D eigenvalue weighted by Crippen LogP contribution is -2.15. The van der Waals surface area contributed by atoms with E-state index in [-0.39, 0.29) is 0 Å². The Balaban J connectivity index is 1.35. The Labute approximate surface area is 216 Å². The molecular formula is C35H46. The zero-order valence-corrected chi connectivity index (χ0v) is 22.4. The lowest BCUT2D eigenvalue weighted by Gasteiger charge is -2.28. The Bertz CT molecular complexity index is 947. The van der Waals surface area contributed by atoms with Gasteiger partial charge in [-0.3, -0.25) is 0 Å². The number of rotatable bonds is 11. The lowest BCUT2D eigenvalue weighted by molar-refractivity contribution is 0.248. The number of benzene rings is 2. The third kappa shape index (κ3) is 10.8. The smallest absolute Gasteiger partial charge is 0.0249 e. The third-order valence-electron chi connectivity index (χ3n) is 7.57. The van der Waals surface area contributed by atoms with Gasteiger partial charge in [0.15, 0.2) is 0 Å². The first-order chi connectivity index (χ1) is 17.3. The van der Waals surface area contributed by atoms with Crippen LogP contribution in [0.25, 0.3) is 0 Å². The fourth-order valence-corrected chi connectivity index (χ4v) is 5.22. The zero-order valence-electron chi connectivity index (χ0n) is 22.4. The summed E-state index contributed by atoms with van der Waals surface area (Å²) < 4.78 is 0. The van der Waals surface area contributed by atoms with Crippen molar-refractivity contribution in [2.45, 2.75) is 110 Å². The van der Waals surface area contributed by atoms with Gasteiger partial charge in [-0.2, -0.15) is 0 Å². The summed E-state index contributed by atoms with van der Waals surface area (Å²) in [4.78, 5) is 0. The highest BCUT2D eigenvalue weighted by Crippen LogP contribution is 2.34. The predicted molar refractivity (Wildman–Crippen MR) is 152 cm³/mol. The molecule has 1 saturated carbocycles. The summed E-state index contributed by atoms with van der Waals surface area (Å²) in [7, 11) is 0. The summed E-state index contributed by atoms with van der Waals surface area (Å²) in [5.74, 6) is 15.0. The summed E-state index contributed by atoms with van der Waals surface area (Å²) >= 11 is 0. The average Bonchev–Trinajstić information content (AvgIpc) is 2.90.